The molecule has 1 amide bonds. The van der Waals surface area contributed by atoms with Crippen molar-refractivity contribution in [3.05, 3.63) is 28.7 Å². The van der Waals surface area contributed by atoms with Crippen LogP contribution in [0.1, 0.15) is 13.3 Å². The first-order valence-corrected chi connectivity index (χ1v) is 7.32. The number of hydrogen-bond acceptors (Lipinski definition) is 3. The molecule has 19 heavy (non-hydrogen) atoms. The number of anilines is 1. The monoisotopic (exact) mass is 326 g/mol. The van der Waals surface area contributed by atoms with Crippen LogP contribution in [0.3, 0.4) is 0 Å². The van der Waals surface area contributed by atoms with Crippen molar-refractivity contribution in [2.75, 3.05) is 25.0 Å². The first kappa shape index (κ1) is 14.5. The second-order valence-electron chi connectivity index (χ2n) is 4.88. The van der Waals surface area contributed by atoms with E-state index in [1.165, 1.54) is 0 Å². The highest BCUT2D eigenvalue weighted by Crippen LogP contribution is 2.16. The maximum atomic E-state index is 11.8. The van der Waals surface area contributed by atoms with Crippen molar-refractivity contribution in [1.29, 1.82) is 0 Å². The zero-order valence-electron chi connectivity index (χ0n) is 11.0. The van der Waals surface area contributed by atoms with E-state index in [1.807, 2.05) is 24.3 Å². The Bertz CT molecular complexity index is 439. The lowest BCUT2D eigenvalue weighted by atomic mass is 9.97. The number of amides is 1. The average Bonchev–Trinajstić information content (AvgIpc) is 2.38. The molecule has 2 N–H and O–H groups in total. The lowest BCUT2D eigenvalue weighted by molar-refractivity contribution is -0.124. The zero-order chi connectivity index (χ0) is 13.7. The lowest BCUT2D eigenvalue weighted by Crippen LogP contribution is -2.42. The minimum absolute atomic E-state index is 0.100. The van der Waals surface area contributed by atoms with E-state index in [4.69, 9.17) is 4.74 Å². The van der Waals surface area contributed by atoms with Gasteiger partial charge in [-0.3, -0.25) is 4.79 Å². The molecule has 1 heterocycles. The van der Waals surface area contributed by atoms with Gasteiger partial charge in [-0.1, -0.05) is 28.9 Å². The number of carbonyl (C=O) groups is 1. The zero-order valence-corrected chi connectivity index (χ0v) is 12.6. The highest BCUT2D eigenvalue weighted by atomic mass is 79.9. The first-order valence-electron chi connectivity index (χ1n) is 6.53. The normalized spacial score (nSPS) is 23.1. The fourth-order valence-electron chi connectivity index (χ4n) is 2.13. The van der Waals surface area contributed by atoms with Gasteiger partial charge in [-0.15, -0.1) is 0 Å². The third kappa shape index (κ3) is 4.60. The summed E-state index contributed by atoms with van der Waals surface area (Å²) in [5, 5.41) is 6.11. The fraction of sp³-hybridized carbons (Fsp3) is 0.500. The van der Waals surface area contributed by atoms with Crippen molar-refractivity contribution < 1.29 is 9.53 Å². The van der Waals surface area contributed by atoms with Gasteiger partial charge < -0.3 is 15.4 Å². The third-order valence-electron chi connectivity index (χ3n) is 3.29. The Morgan fingerprint density at radius 2 is 2.42 bits per heavy atom. The van der Waals surface area contributed by atoms with Crippen molar-refractivity contribution >= 4 is 27.5 Å². The Balaban J connectivity index is 1.78. The van der Waals surface area contributed by atoms with Crippen LogP contribution in [0.2, 0.25) is 0 Å². The minimum Gasteiger partial charge on any atom is -0.367 e. The van der Waals surface area contributed by atoms with Gasteiger partial charge >= 0.3 is 0 Å². The molecule has 1 aromatic rings. The SMILES string of the molecule is CC1CCNCC1OCC(=O)Nc1cccc(Br)c1. The Morgan fingerprint density at radius 1 is 1.58 bits per heavy atom. The lowest BCUT2D eigenvalue weighted by Gasteiger charge is -2.29. The molecule has 5 heteroatoms. The molecule has 1 fully saturated rings. The van der Waals surface area contributed by atoms with E-state index < -0.39 is 0 Å². The average molecular weight is 327 g/mol. The van der Waals surface area contributed by atoms with Gasteiger partial charge in [0.25, 0.3) is 0 Å². The summed E-state index contributed by atoms with van der Waals surface area (Å²) >= 11 is 3.37. The number of piperidine rings is 1. The number of ether oxygens (including phenoxy) is 1. The van der Waals surface area contributed by atoms with E-state index >= 15 is 0 Å². The molecule has 2 atom stereocenters. The quantitative estimate of drug-likeness (QED) is 0.893. The Morgan fingerprint density at radius 3 is 3.16 bits per heavy atom. The molecule has 1 aliphatic rings. The van der Waals surface area contributed by atoms with Gasteiger partial charge in [0.05, 0.1) is 6.10 Å². The Hall–Kier alpha value is -0.910. The smallest absolute Gasteiger partial charge is 0.250 e. The number of hydrogen-bond donors (Lipinski definition) is 2. The summed E-state index contributed by atoms with van der Waals surface area (Å²) in [5.41, 5.74) is 0.776. The largest absolute Gasteiger partial charge is 0.367 e. The predicted octanol–water partition coefficient (Wildman–Crippen LogP) is 2.40. The number of nitrogens with one attached hydrogen (secondary N) is 2. The number of carbonyl (C=O) groups excluding carboxylic acids is 1. The van der Waals surface area contributed by atoms with Gasteiger partial charge in [0.1, 0.15) is 6.61 Å². The topological polar surface area (TPSA) is 50.4 Å². The summed E-state index contributed by atoms with van der Waals surface area (Å²) in [6, 6.07) is 7.52. The van der Waals surface area contributed by atoms with Crippen LogP contribution in [0.5, 0.6) is 0 Å². The van der Waals surface area contributed by atoms with Gasteiger partial charge in [-0.25, -0.2) is 0 Å². The Kier molecular flexibility index (Phi) is 5.36. The van der Waals surface area contributed by atoms with Gasteiger partial charge in [0.2, 0.25) is 5.91 Å². The van der Waals surface area contributed by atoms with Gasteiger partial charge in [0.15, 0.2) is 0 Å². The highest BCUT2D eigenvalue weighted by molar-refractivity contribution is 9.10. The van der Waals surface area contributed by atoms with Crippen LogP contribution in [0.4, 0.5) is 5.69 Å². The summed E-state index contributed by atoms with van der Waals surface area (Å²) in [4.78, 5) is 11.8. The summed E-state index contributed by atoms with van der Waals surface area (Å²) in [7, 11) is 0. The van der Waals surface area contributed by atoms with Crippen molar-refractivity contribution in [2.24, 2.45) is 5.92 Å². The molecule has 104 valence electrons. The second kappa shape index (κ2) is 7.03. The minimum atomic E-state index is -0.115. The van der Waals surface area contributed by atoms with Crippen molar-refractivity contribution in [1.82, 2.24) is 5.32 Å². The van der Waals surface area contributed by atoms with Crippen LogP contribution in [-0.2, 0) is 9.53 Å². The molecule has 1 aromatic carbocycles. The summed E-state index contributed by atoms with van der Waals surface area (Å²) in [6.07, 6.45) is 1.22. The molecule has 0 bridgehead atoms. The van der Waals surface area contributed by atoms with Crippen LogP contribution in [0.25, 0.3) is 0 Å². The second-order valence-corrected chi connectivity index (χ2v) is 5.79. The van der Waals surface area contributed by atoms with Gasteiger partial charge in [-0.05, 0) is 37.1 Å². The molecule has 0 spiro atoms. The molecule has 2 unspecified atom stereocenters. The van der Waals surface area contributed by atoms with Crippen molar-refractivity contribution in [2.45, 2.75) is 19.4 Å². The molecular weight excluding hydrogens is 308 g/mol. The van der Waals surface area contributed by atoms with Crippen LogP contribution >= 0.6 is 15.9 Å². The molecule has 2 rings (SSSR count). The molecule has 4 nitrogen and oxygen atoms in total. The summed E-state index contributed by atoms with van der Waals surface area (Å²) < 4.78 is 6.61. The molecule has 1 saturated heterocycles. The van der Waals surface area contributed by atoms with Crippen LogP contribution < -0.4 is 10.6 Å². The van der Waals surface area contributed by atoms with Crippen molar-refractivity contribution in [3.63, 3.8) is 0 Å². The number of benzene rings is 1. The van der Waals surface area contributed by atoms with Crippen LogP contribution in [0, 0.1) is 5.92 Å². The van der Waals surface area contributed by atoms with E-state index in [0.717, 1.165) is 29.7 Å². The standard InChI is InChI=1S/C14H19BrN2O2/c1-10-5-6-16-8-13(10)19-9-14(18)17-12-4-2-3-11(15)7-12/h2-4,7,10,13,16H,5-6,8-9H2,1H3,(H,17,18). The number of halogens is 1. The summed E-state index contributed by atoms with van der Waals surface area (Å²) in [5.74, 6) is 0.385. The van der Waals surface area contributed by atoms with E-state index in [2.05, 4.69) is 33.5 Å². The first-order chi connectivity index (χ1) is 9.15. The highest BCUT2D eigenvalue weighted by Gasteiger charge is 2.22. The molecule has 0 aliphatic carbocycles. The van der Waals surface area contributed by atoms with Gasteiger partial charge in [0, 0.05) is 16.7 Å². The van der Waals surface area contributed by atoms with E-state index in [1.54, 1.807) is 0 Å². The Labute approximate surface area is 122 Å². The fourth-order valence-corrected chi connectivity index (χ4v) is 2.53. The molecule has 0 aromatic heterocycles. The molecule has 0 saturated carbocycles. The van der Waals surface area contributed by atoms with Crippen molar-refractivity contribution in [3.8, 4) is 0 Å². The van der Waals surface area contributed by atoms with Crippen LogP contribution in [-0.4, -0.2) is 31.7 Å². The van der Waals surface area contributed by atoms with E-state index in [9.17, 15) is 4.79 Å². The van der Waals surface area contributed by atoms with Gasteiger partial charge in [-0.2, -0.15) is 0 Å². The summed E-state index contributed by atoms with van der Waals surface area (Å²) in [6.45, 7) is 4.12. The molecule has 1 aliphatic heterocycles. The van der Waals surface area contributed by atoms with E-state index in [-0.39, 0.29) is 18.6 Å². The third-order valence-corrected chi connectivity index (χ3v) is 3.79. The molecule has 0 radical (unpaired) electrons. The molecular formula is C14H19BrN2O2. The van der Waals surface area contributed by atoms with E-state index in [0.29, 0.717) is 5.92 Å². The predicted molar refractivity (Wildman–Crippen MR) is 79.2 cm³/mol. The maximum Gasteiger partial charge on any atom is 0.250 e. The maximum absolute atomic E-state index is 11.8. The van der Waals surface area contributed by atoms with Crippen LogP contribution in [0.15, 0.2) is 28.7 Å². The number of rotatable bonds is 4.